The maximum atomic E-state index is 12.2. The first-order valence-electron chi connectivity index (χ1n) is 8.66. The van der Waals surface area contributed by atoms with Gasteiger partial charge in [0, 0.05) is 32.6 Å². The van der Waals surface area contributed by atoms with Crippen LogP contribution in [-0.2, 0) is 13.0 Å². The number of fused-ring (bicyclic) bond motifs is 1. The average molecular weight is 343 g/mol. The number of amides is 1. The molecule has 0 bridgehead atoms. The highest BCUT2D eigenvalue weighted by Crippen LogP contribution is 2.16. The molecule has 0 saturated carbocycles. The Labute approximate surface area is 147 Å². The summed E-state index contributed by atoms with van der Waals surface area (Å²) < 4.78 is 7.27. The normalized spacial score (nSPS) is 16.0. The van der Waals surface area contributed by atoms with Gasteiger partial charge in [-0.15, -0.1) is 10.2 Å². The summed E-state index contributed by atoms with van der Waals surface area (Å²) in [5, 5.41) is 11.6. The van der Waals surface area contributed by atoms with Crippen LogP contribution in [-0.4, -0.2) is 45.2 Å². The molecule has 2 aromatic rings. The third kappa shape index (κ3) is 4.17. The lowest BCUT2D eigenvalue weighted by Crippen LogP contribution is -2.30. The molecule has 0 radical (unpaired) electrons. The molecular formula is C18H25N5O2. The fourth-order valence-electron chi connectivity index (χ4n) is 2.94. The Kier molecular flexibility index (Phi) is 5.33. The van der Waals surface area contributed by atoms with E-state index in [1.807, 2.05) is 6.92 Å². The topological polar surface area (TPSA) is 76.2 Å². The summed E-state index contributed by atoms with van der Waals surface area (Å²) in [6.45, 7) is 9.86. The second-order valence-corrected chi connectivity index (χ2v) is 6.63. The molecule has 0 aromatic carbocycles. The van der Waals surface area contributed by atoms with Crippen molar-refractivity contribution in [3.63, 3.8) is 0 Å². The summed E-state index contributed by atoms with van der Waals surface area (Å²) in [6, 6.07) is 3.11. The van der Waals surface area contributed by atoms with Crippen LogP contribution in [0.3, 0.4) is 0 Å². The van der Waals surface area contributed by atoms with Gasteiger partial charge in [-0.25, -0.2) is 0 Å². The van der Waals surface area contributed by atoms with Gasteiger partial charge in [-0.1, -0.05) is 11.6 Å². The third-order valence-electron chi connectivity index (χ3n) is 4.39. The fraction of sp³-hybridized carbons (Fsp3) is 0.500. The predicted octanol–water partition coefficient (Wildman–Crippen LogP) is 2.19. The lowest BCUT2D eigenvalue weighted by Gasteiger charge is -2.18. The number of hydrogen-bond acceptors (Lipinski definition) is 5. The van der Waals surface area contributed by atoms with Crippen LogP contribution in [0, 0.1) is 0 Å². The molecule has 1 atom stereocenters. The van der Waals surface area contributed by atoms with Gasteiger partial charge in [0.2, 0.25) is 0 Å². The van der Waals surface area contributed by atoms with Gasteiger partial charge in [0.1, 0.15) is 5.82 Å². The highest BCUT2D eigenvalue weighted by Gasteiger charge is 2.23. The number of allylic oxidation sites excluding steroid dienone is 1. The van der Waals surface area contributed by atoms with Crippen LogP contribution < -0.4 is 5.32 Å². The summed E-state index contributed by atoms with van der Waals surface area (Å²) in [5.41, 5.74) is 1.33. The van der Waals surface area contributed by atoms with Crippen LogP contribution in [0.4, 0.5) is 0 Å². The van der Waals surface area contributed by atoms with E-state index >= 15 is 0 Å². The Hall–Kier alpha value is -2.41. The lowest BCUT2D eigenvalue weighted by molar-refractivity contribution is 0.0909. The zero-order valence-corrected chi connectivity index (χ0v) is 15.0. The first-order chi connectivity index (χ1) is 12.0. The molecule has 0 spiro atoms. The molecular weight excluding hydrogens is 318 g/mol. The molecule has 1 amide bonds. The quantitative estimate of drug-likeness (QED) is 0.842. The Morgan fingerprint density at radius 3 is 2.92 bits per heavy atom. The van der Waals surface area contributed by atoms with Crippen LogP contribution in [0.15, 0.2) is 34.5 Å². The second kappa shape index (κ2) is 7.65. The van der Waals surface area contributed by atoms with Crippen LogP contribution in [0.5, 0.6) is 0 Å². The van der Waals surface area contributed by atoms with Crippen molar-refractivity contribution in [3.05, 3.63) is 47.5 Å². The van der Waals surface area contributed by atoms with Crippen LogP contribution in [0.1, 0.15) is 49.0 Å². The molecule has 0 unspecified atom stereocenters. The van der Waals surface area contributed by atoms with E-state index in [4.69, 9.17) is 4.42 Å². The minimum absolute atomic E-state index is 0.233. The number of furan rings is 1. The number of carbonyl (C=O) groups excluding carboxylic acids is 1. The maximum Gasteiger partial charge on any atom is 0.287 e. The van der Waals surface area contributed by atoms with Gasteiger partial charge in [0.25, 0.3) is 5.91 Å². The van der Waals surface area contributed by atoms with Gasteiger partial charge in [-0.3, -0.25) is 9.69 Å². The molecule has 3 rings (SSSR count). The van der Waals surface area contributed by atoms with Crippen molar-refractivity contribution in [2.45, 2.75) is 39.8 Å². The number of carbonyl (C=O) groups is 1. The molecule has 0 fully saturated rings. The molecule has 1 aliphatic rings. The van der Waals surface area contributed by atoms with Crippen molar-refractivity contribution in [2.75, 3.05) is 19.6 Å². The van der Waals surface area contributed by atoms with E-state index in [1.54, 1.807) is 12.1 Å². The Balaban J connectivity index is 1.67. The molecule has 3 heterocycles. The third-order valence-corrected chi connectivity index (χ3v) is 4.39. The van der Waals surface area contributed by atoms with E-state index in [0.717, 1.165) is 44.2 Å². The number of rotatable bonds is 5. The Bertz CT molecular complexity index is 744. The minimum atomic E-state index is -0.242. The average Bonchev–Trinajstić information content (AvgIpc) is 3.20. The molecule has 1 aliphatic heterocycles. The number of aromatic nitrogens is 3. The second-order valence-electron chi connectivity index (χ2n) is 6.63. The van der Waals surface area contributed by atoms with Gasteiger partial charge in [0.15, 0.2) is 11.6 Å². The van der Waals surface area contributed by atoms with Gasteiger partial charge >= 0.3 is 0 Å². The van der Waals surface area contributed by atoms with Gasteiger partial charge in [-0.05, 0) is 32.9 Å². The Morgan fingerprint density at radius 2 is 2.20 bits per heavy atom. The molecule has 25 heavy (non-hydrogen) atoms. The van der Waals surface area contributed by atoms with Crippen LogP contribution in [0.25, 0.3) is 0 Å². The molecule has 134 valence electrons. The summed E-state index contributed by atoms with van der Waals surface area (Å²) in [4.78, 5) is 14.6. The number of nitrogens with zero attached hydrogens (tertiary/aromatic N) is 4. The van der Waals surface area contributed by atoms with E-state index in [0.29, 0.717) is 5.76 Å². The zero-order chi connectivity index (χ0) is 17.8. The first-order valence-corrected chi connectivity index (χ1v) is 8.66. The van der Waals surface area contributed by atoms with Gasteiger partial charge in [-0.2, -0.15) is 0 Å². The van der Waals surface area contributed by atoms with E-state index < -0.39 is 0 Å². The highest BCUT2D eigenvalue weighted by molar-refractivity contribution is 5.91. The number of nitrogens with one attached hydrogen (secondary N) is 1. The largest absolute Gasteiger partial charge is 0.459 e. The van der Waals surface area contributed by atoms with Crippen molar-refractivity contribution in [1.29, 1.82) is 0 Å². The zero-order valence-electron chi connectivity index (χ0n) is 15.0. The van der Waals surface area contributed by atoms with Crippen LogP contribution >= 0.6 is 0 Å². The van der Waals surface area contributed by atoms with Crippen molar-refractivity contribution in [3.8, 4) is 0 Å². The van der Waals surface area contributed by atoms with E-state index in [1.165, 1.54) is 11.8 Å². The molecule has 2 aromatic heterocycles. The molecule has 0 aliphatic carbocycles. The monoisotopic (exact) mass is 343 g/mol. The first kappa shape index (κ1) is 17.4. The van der Waals surface area contributed by atoms with E-state index in [9.17, 15) is 4.79 Å². The molecule has 1 N–H and O–H groups in total. The smallest absolute Gasteiger partial charge is 0.287 e. The minimum Gasteiger partial charge on any atom is -0.459 e. The number of hydrogen-bond donors (Lipinski definition) is 1. The molecule has 7 heteroatoms. The molecule has 7 nitrogen and oxygen atoms in total. The van der Waals surface area contributed by atoms with E-state index in [-0.39, 0.29) is 11.9 Å². The summed E-state index contributed by atoms with van der Waals surface area (Å²) in [7, 11) is 0. The predicted molar refractivity (Wildman–Crippen MR) is 94.2 cm³/mol. The summed E-state index contributed by atoms with van der Waals surface area (Å²) in [5.74, 6) is 1.83. The maximum absolute atomic E-state index is 12.2. The lowest BCUT2D eigenvalue weighted by atomic mass is 10.3. The SMILES string of the molecule is CC(C)=CCN1CCc2nnc([C@H](C)NC(=O)c3ccco3)n2CC1. The standard InChI is InChI=1S/C18H25N5O2/c1-13(2)6-8-22-9-7-16-20-21-17(23(16)11-10-22)14(3)19-18(24)15-5-4-12-25-15/h4-6,12,14H,7-11H2,1-3H3,(H,19,24)/t14-/m0/s1. The van der Waals surface area contributed by atoms with Crippen molar-refractivity contribution in [2.24, 2.45) is 0 Å². The van der Waals surface area contributed by atoms with Crippen molar-refractivity contribution >= 4 is 5.91 Å². The van der Waals surface area contributed by atoms with Crippen molar-refractivity contribution < 1.29 is 9.21 Å². The molecule has 0 saturated heterocycles. The highest BCUT2D eigenvalue weighted by atomic mass is 16.3. The summed E-state index contributed by atoms with van der Waals surface area (Å²) >= 11 is 0. The van der Waals surface area contributed by atoms with Crippen molar-refractivity contribution in [1.82, 2.24) is 25.0 Å². The fourth-order valence-corrected chi connectivity index (χ4v) is 2.94. The summed E-state index contributed by atoms with van der Waals surface area (Å²) in [6.07, 6.45) is 4.60. The Morgan fingerprint density at radius 1 is 1.36 bits per heavy atom. The van der Waals surface area contributed by atoms with Gasteiger partial charge in [0.05, 0.1) is 12.3 Å². The van der Waals surface area contributed by atoms with Gasteiger partial charge < -0.3 is 14.3 Å². The van der Waals surface area contributed by atoms with Crippen LogP contribution in [0.2, 0.25) is 0 Å². The van der Waals surface area contributed by atoms with E-state index in [2.05, 4.69) is 44.9 Å².